The number of aryl methyl sites for hydroxylation is 2. The first-order chi connectivity index (χ1) is 9.62. The minimum Gasteiger partial charge on any atom is -0.496 e. The number of rotatable bonds is 5. The van der Waals surface area contributed by atoms with E-state index < -0.39 is 0 Å². The Labute approximate surface area is 123 Å². The highest BCUT2D eigenvalue weighted by Gasteiger charge is 2.21. The lowest BCUT2D eigenvalue weighted by atomic mass is 10.0. The van der Waals surface area contributed by atoms with Crippen molar-refractivity contribution in [3.8, 4) is 5.75 Å². The predicted octanol–water partition coefficient (Wildman–Crippen LogP) is 2.43. The quantitative estimate of drug-likeness (QED) is 0.656. The molecule has 1 aromatic carbocycles. The van der Waals surface area contributed by atoms with E-state index in [-0.39, 0.29) is 6.04 Å². The molecule has 1 atom stereocenters. The Morgan fingerprint density at radius 3 is 2.80 bits per heavy atom. The van der Waals surface area contributed by atoms with Crippen LogP contribution in [0.2, 0.25) is 5.02 Å². The SMILES string of the molecule is CCn1ncc(Cl)c1C(NN)c1ccc(OC)c(C)c1. The van der Waals surface area contributed by atoms with E-state index in [9.17, 15) is 0 Å². The average Bonchev–Trinajstić information content (AvgIpc) is 2.81. The van der Waals surface area contributed by atoms with Gasteiger partial charge in [-0.2, -0.15) is 5.10 Å². The number of hydrazine groups is 1. The maximum absolute atomic E-state index is 6.24. The first-order valence-corrected chi connectivity index (χ1v) is 6.82. The number of nitrogens with one attached hydrogen (secondary N) is 1. The zero-order valence-corrected chi connectivity index (χ0v) is 12.6. The Bertz CT molecular complexity index is 597. The lowest BCUT2D eigenvalue weighted by Crippen LogP contribution is -2.31. The van der Waals surface area contributed by atoms with Gasteiger partial charge in [0.2, 0.25) is 0 Å². The molecule has 2 aromatic rings. The summed E-state index contributed by atoms with van der Waals surface area (Å²) in [5.41, 5.74) is 5.74. The Hall–Kier alpha value is -1.56. The molecule has 108 valence electrons. The van der Waals surface area contributed by atoms with Crippen LogP contribution in [0.25, 0.3) is 0 Å². The van der Waals surface area contributed by atoms with Gasteiger partial charge in [0.25, 0.3) is 0 Å². The van der Waals surface area contributed by atoms with Crippen LogP contribution in [-0.2, 0) is 6.54 Å². The number of hydrogen-bond donors (Lipinski definition) is 2. The Morgan fingerprint density at radius 2 is 2.25 bits per heavy atom. The second-order valence-corrected chi connectivity index (χ2v) is 4.93. The van der Waals surface area contributed by atoms with Gasteiger partial charge < -0.3 is 4.74 Å². The van der Waals surface area contributed by atoms with Gasteiger partial charge in [-0.15, -0.1) is 0 Å². The topological polar surface area (TPSA) is 65.1 Å². The molecule has 0 aliphatic heterocycles. The van der Waals surface area contributed by atoms with Crippen LogP contribution in [0.1, 0.15) is 29.8 Å². The molecule has 3 N–H and O–H groups in total. The molecule has 1 unspecified atom stereocenters. The van der Waals surface area contributed by atoms with Crippen molar-refractivity contribution in [3.05, 3.63) is 46.2 Å². The minimum absolute atomic E-state index is 0.213. The molecule has 6 heteroatoms. The van der Waals surface area contributed by atoms with Crippen LogP contribution in [0.5, 0.6) is 5.75 Å². The number of nitrogens with zero attached hydrogens (tertiary/aromatic N) is 2. The number of halogens is 1. The fraction of sp³-hybridized carbons (Fsp3) is 0.357. The predicted molar refractivity (Wildman–Crippen MR) is 79.8 cm³/mol. The summed E-state index contributed by atoms with van der Waals surface area (Å²) in [7, 11) is 1.66. The smallest absolute Gasteiger partial charge is 0.121 e. The molecule has 0 radical (unpaired) electrons. The first kappa shape index (κ1) is 14.8. The van der Waals surface area contributed by atoms with E-state index in [1.165, 1.54) is 0 Å². The van der Waals surface area contributed by atoms with Crippen molar-refractivity contribution in [2.24, 2.45) is 5.84 Å². The van der Waals surface area contributed by atoms with Crippen LogP contribution in [-0.4, -0.2) is 16.9 Å². The van der Waals surface area contributed by atoms with Gasteiger partial charge in [0, 0.05) is 6.54 Å². The summed E-state index contributed by atoms with van der Waals surface area (Å²) in [6.07, 6.45) is 1.64. The van der Waals surface area contributed by atoms with E-state index in [0.717, 1.165) is 29.1 Å². The molecule has 0 saturated carbocycles. The normalized spacial score (nSPS) is 12.4. The number of aromatic nitrogens is 2. The van der Waals surface area contributed by atoms with Crippen molar-refractivity contribution in [1.82, 2.24) is 15.2 Å². The van der Waals surface area contributed by atoms with Crippen LogP contribution < -0.4 is 16.0 Å². The summed E-state index contributed by atoms with van der Waals surface area (Å²) in [5.74, 6) is 6.57. The third-order valence-corrected chi connectivity index (χ3v) is 3.62. The molecule has 0 aliphatic rings. The fourth-order valence-electron chi connectivity index (χ4n) is 2.33. The molecular formula is C14H19ClN4O. The molecule has 5 nitrogen and oxygen atoms in total. The summed E-state index contributed by atoms with van der Waals surface area (Å²) in [6.45, 7) is 4.74. The van der Waals surface area contributed by atoms with Crippen LogP contribution >= 0.6 is 11.6 Å². The number of ether oxygens (including phenoxy) is 1. The molecule has 0 spiro atoms. The maximum atomic E-state index is 6.24. The van der Waals surface area contributed by atoms with Crippen molar-refractivity contribution < 1.29 is 4.74 Å². The van der Waals surface area contributed by atoms with Gasteiger partial charge in [-0.25, -0.2) is 5.43 Å². The van der Waals surface area contributed by atoms with Gasteiger partial charge >= 0.3 is 0 Å². The average molecular weight is 295 g/mol. The van der Waals surface area contributed by atoms with Crippen LogP contribution in [0.4, 0.5) is 0 Å². The van der Waals surface area contributed by atoms with Gasteiger partial charge in [-0.3, -0.25) is 10.5 Å². The van der Waals surface area contributed by atoms with Gasteiger partial charge in [-0.1, -0.05) is 23.7 Å². The molecule has 0 saturated heterocycles. The highest BCUT2D eigenvalue weighted by Crippen LogP contribution is 2.30. The molecular weight excluding hydrogens is 276 g/mol. The highest BCUT2D eigenvalue weighted by atomic mass is 35.5. The monoisotopic (exact) mass is 294 g/mol. The summed E-state index contributed by atoms with van der Waals surface area (Å²) < 4.78 is 7.12. The molecule has 0 amide bonds. The van der Waals surface area contributed by atoms with Gasteiger partial charge in [-0.05, 0) is 31.0 Å². The fourth-order valence-corrected chi connectivity index (χ4v) is 2.58. The lowest BCUT2D eigenvalue weighted by molar-refractivity contribution is 0.411. The van der Waals surface area contributed by atoms with E-state index in [2.05, 4.69) is 10.5 Å². The van der Waals surface area contributed by atoms with Crippen molar-refractivity contribution in [2.45, 2.75) is 26.4 Å². The van der Waals surface area contributed by atoms with Crippen molar-refractivity contribution >= 4 is 11.6 Å². The molecule has 0 bridgehead atoms. The molecule has 1 heterocycles. The summed E-state index contributed by atoms with van der Waals surface area (Å²) in [5, 5.41) is 4.85. The standard InChI is InChI=1S/C14H19ClN4O/c1-4-19-14(11(15)8-17-19)13(18-16)10-5-6-12(20-3)9(2)7-10/h5-8,13,18H,4,16H2,1-3H3. The summed E-state index contributed by atoms with van der Waals surface area (Å²) >= 11 is 6.24. The number of hydrogen-bond acceptors (Lipinski definition) is 4. The van der Waals surface area contributed by atoms with E-state index in [1.54, 1.807) is 13.3 Å². The van der Waals surface area contributed by atoms with E-state index in [4.69, 9.17) is 22.2 Å². The maximum Gasteiger partial charge on any atom is 0.121 e. The highest BCUT2D eigenvalue weighted by molar-refractivity contribution is 6.31. The van der Waals surface area contributed by atoms with Crippen molar-refractivity contribution in [1.29, 1.82) is 0 Å². The van der Waals surface area contributed by atoms with E-state index >= 15 is 0 Å². The lowest BCUT2D eigenvalue weighted by Gasteiger charge is -2.19. The van der Waals surface area contributed by atoms with Gasteiger partial charge in [0.15, 0.2) is 0 Å². The van der Waals surface area contributed by atoms with E-state index in [0.29, 0.717) is 5.02 Å². The summed E-state index contributed by atoms with van der Waals surface area (Å²) in [4.78, 5) is 0. The molecule has 0 aliphatic carbocycles. The Balaban J connectivity index is 2.47. The van der Waals surface area contributed by atoms with E-state index in [1.807, 2.05) is 36.7 Å². The zero-order valence-electron chi connectivity index (χ0n) is 11.9. The van der Waals surface area contributed by atoms with Crippen LogP contribution in [0, 0.1) is 6.92 Å². The number of nitrogens with two attached hydrogens (primary N) is 1. The van der Waals surface area contributed by atoms with Crippen molar-refractivity contribution in [2.75, 3.05) is 7.11 Å². The zero-order chi connectivity index (χ0) is 14.7. The second-order valence-electron chi connectivity index (χ2n) is 4.52. The van der Waals surface area contributed by atoms with Gasteiger partial charge in [0.05, 0.1) is 30.1 Å². The van der Waals surface area contributed by atoms with Gasteiger partial charge in [0.1, 0.15) is 5.75 Å². The van der Waals surface area contributed by atoms with Crippen LogP contribution in [0.15, 0.2) is 24.4 Å². The molecule has 0 fully saturated rings. The number of benzene rings is 1. The third-order valence-electron chi connectivity index (χ3n) is 3.33. The minimum atomic E-state index is -0.213. The molecule has 1 aromatic heterocycles. The second kappa shape index (κ2) is 6.26. The largest absolute Gasteiger partial charge is 0.496 e. The molecule has 20 heavy (non-hydrogen) atoms. The first-order valence-electron chi connectivity index (χ1n) is 6.44. The van der Waals surface area contributed by atoms with Crippen molar-refractivity contribution in [3.63, 3.8) is 0 Å². The number of methoxy groups -OCH3 is 1. The summed E-state index contributed by atoms with van der Waals surface area (Å²) in [6, 6.07) is 5.72. The Kier molecular flexibility index (Phi) is 4.65. The third kappa shape index (κ3) is 2.65. The Morgan fingerprint density at radius 1 is 1.50 bits per heavy atom. The van der Waals surface area contributed by atoms with Crippen LogP contribution in [0.3, 0.4) is 0 Å². The molecule has 2 rings (SSSR count).